The van der Waals surface area contributed by atoms with Crippen LogP contribution in [-0.4, -0.2) is 47.4 Å². The minimum atomic E-state index is -0.877. The van der Waals surface area contributed by atoms with Gasteiger partial charge in [-0.15, -0.1) is 0 Å². The summed E-state index contributed by atoms with van der Waals surface area (Å²) >= 11 is 6.33. The summed E-state index contributed by atoms with van der Waals surface area (Å²) in [5.74, 6) is -2.63. The van der Waals surface area contributed by atoms with Crippen molar-refractivity contribution in [2.45, 2.75) is 38.7 Å². The first-order chi connectivity index (χ1) is 15.8. The fourth-order valence-electron chi connectivity index (χ4n) is 3.49. The Hall–Kier alpha value is -2.50. The van der Waals surface area contributed by atoms with E-state index in [1.54, 1.807) is 0 Å². The van der Waals surface area contributed by atoms with Crippen LogP contribution < -0.4 is 21.1 Å². The Labute approximate surface area is 199 Å². The molecule has 0 aliphatic carbocycles. The van der Waals surface area contributed by atoms with E-state index < -0.39 is 30.2 Å². The Morgan fingerprint density at radius 3 is 2.67 bits per heavy atom. The summed E-state index contributed by atoms with van der Waals surface area (Å²) in [4.78, 5) is 26.5. The number of hydrogen-bond donors (Lipinski definition) is 3. The fourth-order valence-corrected chi connectivity index (χ4v) is 4.38. The van der Waals surface area contributed by atoms with Crippen LogP contribution in [0.15, 0.2) is 12.1 Å². The third kappa shape index (κ3) is 7.24. The molecule has 0 radical (unpaired) electrons. The van der Waals surface area contributed by atoms with E-state index in [-0.39, 0.29) is 27.0 Å². The molecule has 0 bridgehead atoms. The molecule has 0 atom stereocenters. The number of aromatic nitrogens is 1. The van der Waals surface area contributed by atoms with E-state index in [9.17, 15) is 18.4 Å². The van der Waals surface area contributed by atoms with E-state index in [0.717, 1.165) is 56.1 Å². The van der Waals surface area contributed by atoms with Gasteiger partial charge in [0, 0.05) is 12.1 Å². The lowest BCUT2D eigenvalue weighted by Gasteiger charge is -2.26. The predicted octanol–water partition coefficient (Wildman–Crippen LogP) is 4.14. The molecule has 1 aliphatic heterocycles. The lowest BCUT2D eigenvalue weighted by atomic mass is 10.1. The summed E-state index contributed by atoms with van der Waals surface area (Å²) in [5, 5.41) is 5.02. The van der Waals surface area contributed by atoms with E-state index in [0.29, 0.717) is 6.54 Å². The number of rotatable bonds is 10. The number of piperidine rings is 1. The Balaban J connectivity index is 1.49. The Morgan fingerprint density at radius 1 is 1.18 bits per heavy atom. The summed E-state index contributed by atoms with van der Waals surface area (Å²) in [6, 6.07) is 1.22. The number of likely N-dealkylation sites (tertiary alicyclic amines) is 1. The fraction of sp³-hybridized carbons (Fsp3) is 0.476. The number of primary amides is 1. The Bertz CT molecular complexity index is 985. The van der Waals surface area contributed by atoms with Gasteiger partial charge >= 0.3 is 6.03 Å². The molecule has 1 fully saturated rings. The maximum atomic E-state index is 13.9. The van der Waals surface area contributed by atoms with Crippen molar-refractivity contribution in [3.63, 3.8) is 0 Å². The highest BCUT2D eigenvalue weighted by molar-refractivity contribution is 7.11. The first-order valence-electron chi connectivity index (χ1n) is 10.7. The van der Waals surface area contributed by atoms with Crippen LogP contribution in [0.2, 0.25) is 5.02 Å². The van der Waals surface area contributed by atoms with Crippen LogP contribution in [-0.2, 0) is 6.61 Å². The molecule has 2 heterocycles. The standard InChI is InChI=1S/C21H26ClF2N5O3S/c22-14-11-15(23)13(10-16(14)24)12-32-19-17(18(25)30)20(33-28-19)27-21(31)26-6-2-5-9-29-7-3-1-4-8-29/h10-11H,1-9,12H2,(H2,25,30)(H2,26,27,31). The minimum Gasteiger partial charge on any atom is -0.471 e. The number of urea groups is 1. The van der Waals surface area contributed by atoms with Gasteiger partial charge in [0.1, 0.15) is 28.8 Å². The molecule has 3 amide bonds. The molecule has 8 nitrogen and oxygen atoms in total. The maximum Gasteiger partial charge on any atom is 0.319 e. The SMILES string of the molecule is NC(=O)c1c(OCc2cc(F)c(Cl)cc2F)nsc1NC(=O)NCCCCN1CCCCC1. The van der Waals surface area contributed by atoms with Crippen molar-refractivity contribution in [3.05, 3.63) is 39.9 Å². The Kier molecular flexibility index (Phi) is 9.21. The molecule has 1 saturated heterocycles. The van der Waals surface area contributed by atoms with Crippen LogP contribution in [0.25, 0.3) is 0 Å². The lowest BCUT2D eigenvalue weighted by Crippen LogP contribution is -2.32. The van der Waals surface area contributed by atoms with Crippen LogP contribution in [0, 0.1) is 11.6 Å². The highest BCUT2D eigenvalue weighted by Gasteiger charge is 2.22. The van der Waals surface area contributed by atoms with Gasteiger partial charge < -0.3 is 20.7 Å². The van der Waals surface area contributed by atoms with Crippen LogP contribution in [0.3, 0.4) is 0 Å². The lowest BCUT2D eigenvalue weighted by molar-refractivity contribution is 0.0996. The Morgan fingerprint density at radius 2 is 1.94 bits per heavy atom. The van der Waals surface area contributed by atoms with E-state index in [1.165, 1.54) is 19.3 Å². The molecule has 33 heavy (non-hydrogen) atoms. The second-order valence-electron chi connectivity index (χ2n) is 7.69. The zero-order chi connectivity index (χ0) is 23.8. The third-order valence-corrected chi connectivity index (χ3v) is 6.26. The van der Waals surface area contributed by atoms with E-state index in [1.807, 2.05) is 0 Å². The second kappa shape index (κ2) is 12.1. The van der Waals surface area contributed by atoms with Gasteiger partial charge in [-0.1, -0.05) is 18.0 Å². The largest absolute Gasteiger partial charge is 0.471 e. The topological polar surface area (TPSA) is 110 Å². The molecule has 180 valence electrons. The number of hydrogen-bond acceptors (Lipinski definition) is 6. The molecule has 0 spiro atoms. The molecule has 1 aromatic carbocycles. The number of nitrogens with zero attached hydrogens (tertiary/aromatic N) is 2. The highest BCUT2D eigenvalue weighted by atomic mass is 35.5. The van der Waals surface area contributed by atoms with Crippen molar-refractivity contribution < 1.29 is 23.1 Å². The molecule has 4 N–H and O–H groups in total. The molecule has 0 unspecified atom stereocenters. The average Bonchev–Trinajstić information content (AvgIpc) is 3.18. The van der Waals surface area contributed by atoms with Gasteiger partial charge in [0.25, 0.3) is 5.91 Å². The molecule has 1 aliphatic rings. The van der Waals surface area contributed by atoms with Gasteiger partial charge in [-0.2, -0.15) is 4.37 Å². The smallest absolute Gasteiger partial charge is 0.319 e. The van der Waals surface area contributed by atoms with Gasteiger partial charge in [0.05, 0.1) is 5.02 Å². The van der Waals surface area contributed by atoms with Crippen molar-refractivity contribution in [3.8, 4) is 5.88 Å². The molecule has 12 heteroatoms. The van der Waals surface area contributed by atoms with Gasteiger partial charge in [-0.05, 0) is 69.0 Å². The van der Waals surface area contributed by atoms with Crippen molar-refractivity contribution in [2.75, 3.05) is 31.5 Å². The number of halogens is 3. The summed E-state index contributed by atoms with van der Waals surface area (Å²) in [6.07, 6.45) is 5.59. The molecule has 0 saturated carbocycles. The molecule has 3 rings (SSSR count). The number of benzene rings is 1. The molecular weight excluding hydrogens is 476 g/mol. The van der Waals surface area contributed by atoms with Crippen LogP contribution >= 0.6 is 23.1 Å². The maximum absolute atomic E-state index is 13.9. The van der Waals surface area contributed by atoms with Gasteiger partial charge in [0.15, 0.2) is 0 Å². The number of nitrogens with one attached hydrogen (secondary N) is 2. The number of nitrogens with two attached hydrogens (primary N) is 1. The number of unbranched alkanes of at least 4 members (excludes halogenated alkanes) is 1. The minimum absolute atomic E-state index is 0.103. The summed E-state index contributed by atoms with van der Waals surface area (Å²) in [5.41, 5.74) is 5.15. The van der Waals surface area contributed by atoms with E-state index in [2.05, 4.69) is 19.9 Å². The zero-order valence-corrected chi connectivity index (χ0v) is 19.5. The molecular formula is C21H26ClF2N5O3S. The van der Waals surface area contributed by atoms with Crippen LogP contribution in [0.4, 0.5) is 18.6 Å². The molecule has 2 aromatic rings. The normalized spacial score (nSPS) is 14.2. The third-order valence-electron chi connectivity index (χ3n) is 5.22. The predicted molar refractivity (Wildman–Crippen MR) is 123 cm³/mol. The number of amides is 3. The average molecular weight is 502 g/mol. The second-order valence-corrected chi connectivity index (χ2v) is 8.87. The van der Waals surface area contributed by atoms with Crippen molar-refractivity contribution in [2.24, 2.45) is 5.73 Å². The van der Waals surface area contributed by atoms with Gasteiger partial charge in [-0.25, -0.2) is 13.6 Å². The van der Waals surface area contributed by atoms with E-state index >= 15 is 0 Å². The van der Waals surface area contributed by atoms with Gasteiger partial charge in [0.2, 0.25) is 5.88 Å². The molecule has 1 aromatic heterocycles. The van der Waals surface area contributed by atoms with E-state index in [4.69, 9.17) is 22.1 Å². The van der Waals surface area contributed by atoms with Crippen molar-refractivity contribution >= 4 is 40.1 Å². The highest BCUT2D eigenvalue weighted by Crippen LogP contribution is 2.31. The van der Waals surface area contributed by atoms with Crippen molar-refractivity contribution in [1.29, 1.82) is 0 Å². The summed E-state index contributed by atoms with van der Waals surface area (Å²) in [7, 11) is 0. The number of carbonyl (C=O) groups is 2. The summed E-state index contributed by atoms with van der Waals surface area (Å²) < 4.78 is 36.9. The zero-order valence-electron chi connectivity index (χ0n) is 18.0. The first kappa shape index (κ1) is 25.1. The number of ether oxygens (including phenoxy) is 1. The first-order valence-corrected chi connectivity index (χ1v) is 11.8. The van der Waals surface area contributed by atoms with Crippen LogP contribution in [0.5, 0.6) is 5.88 Å². The number of carbonyl (C=O) groups excluding carboxylic acids is 2. The monoisotopic (exact) mass is 501 g/mol. The van der Waals surface area contributed by atoms with Crippen LogP contribution in [0.1, 0.15) is 48.0 Å². The summed E-state index contributed by atoms with van der Waals surface area (Å²) in [6.45, 7) is 3.36. The van der Waals surface area contributed by atoms with Gasteiger partial charge in [-0.3, -0.25) is 10.1 Å². The number of anilines is 1. The van der Waals surface area contributed by atoms with Crippen molar-refractivity contribution in [1.82, 2.24) is 14.6 Å². The quantitative estimate of drug-likeness (QED) is 0.335.